The molecule has 148 valence electrons. The molecule has 1 atom stereocenters. The van der Waals surface area contributed by atoms with Gasteiger partial charge in [-0.1, -0.05) is 6.07 Å². The number of nitrogens with zero attached hydrogens (tertiary/aromatic N) is 4. The zero-order chi connectivity index (χ0) is 19.5. The molecule has 1 unspecified atom stereocenters. The van der Waals surface area contributed by atoms with Crippen molar-refractivity contribution in [1.82, 2.24) is 19.7 Å². The zero-order valence-electron chi connectivity index (χ0n) is 15.5. The molecular formula is C18H21N5O5. The Kier molecular flexibility index (Phi) is 5.11. The zero-order valence-corrected chi connectivity index (χ0v) is 15.5. The number of anilines is 1. The van der Waals surface area contributed by atoms with Crippen LogP contribution in [-0.2, 0) is 14.3 Å². The van der Waals surface area contributed by atoms with E-state index < -0.39 is 0 Å². The first-order chi connectivity index (χ1) is 13.7. The average molecular weight is 387 g/mol. The minimum atomic E-state index is -0.288. The molecule has 0 bridgehead atoms. The Morgan fingerprint density at radius 1 is 1.32 bits per heavy atom. The summed E-state index contributed by atoms with van der Waals surface area (Å²) in [5.41, 5.74) is 0.838. The number of morpholine rings is 1. The van der Waals surface area contributed by atoms with Crippen molar-refractivity contribution < 1.29 is 23.8 Å². The highest BCUT2D eigenvalue weighted by Gasteiger charge is 2.28. The fourth-order valence-electron chi connectivity index (χ4n) is 3.32. The number of hydrogen-bond donors (Lipinski definition) is 1. The molecule has 4 rings (SSSR count). The maximum absolute atomic E-state index is 12.3. The van der Waals surface area contributed by atoms with Crippen molar-refractivity contribution in [1.29, 1.82) is 0 Å². The SMILES string of the molecule is COc1cc(C2CC(=O)Nc3ncnn32)ccc1OCC(=O)N1CCOCC1. The van der Waals surface area contributed by atoms with Gasteiger partial charge in [0, 0.05) is 13.1 Å². The summed E-state index contributed by atoms with van der Waals surface area (Å²) in [5.74, 6) is 1.15. The van der Waals surface area contributed by atoms with Gasteiger partial charge >= 0.3 is 0 Å². The maximum Gasteiger partial charge on any atom is 0.260 e. The molecule has 2 aromatic rings. The third-order valence-corrected chi connectivity index (χ3v) is 4.79. The van der Waals surface area contributed by atoms with Gasteiger partial charge in [0.05, 0.1) is 32.8 Å². The molecule has 3 heterocycles. The van der Waals surface area contributed by atoms with Crippen LogP contribution in [0.2, 0.25) is 0 Å². The molecule has 0 aliphatic carbocycles. The van der Waals surface area contributed by atoms with Gasteiger partial charge in [-0.2, -0.15) is 10.1 Å². The van der Waals surface area contributed by atoms with Crippen LogP contribution in [0.15, 0.2) is 24.5 Å². The summed E-state index contributed by atoms with van der Waals surface area (Å²) in [5, 5.41) is 6.88. The summed E-state index contributed by atoms with van der Waals surface area (Å²) >= 11 is 0. The molecule has 1 saturated heterocycles. The summed E-state index contributed by atoms with van der Waals surface area (Å²) in [6.07, 6.45) is 1.65. The first-order valence-corrected chi connectivity index (χ1v) is 9.01. The van der Waals surface area contributed by atoms with Crippen molar-refractivity contribution in [2.45, 2.75) is 12.5 Å². The highest BCUT2D eigenvalue weighted by atomic mass is 16.5. The van der Waals surface area contributed by atoms with Gasteiger partial charge in [0.15, 0.2) is 18.1 Å². The van der Waals surface area contributed by atoms with Crippen LogP contribution in [0.5, 0.6) is 11.5 Å². The van der Waals surface area contributed by atoms with Crippen molar-refractivity contribution in [3.05, 3.63) is 30.1 Å². The molecule has 10 heteroatoms. The lowest BCUT2D eigenvalue weighted by atomic mass is 10.0. The summed E-state index contributed by atoms with van der Waals surface area (Å²) in [7, 11) is 1.53. The molecule has 0 saturated carbocycles. The Morgan fingerprint density at radius 2 is 2.14 bits per heavy atom. The van der Waals surface area contributed by atoms with Crippen LogP contribution >= 0.6 is 0 Å². The third-order valence-electron chi connectivity index (χ3n) is 4.79. The second-order valence-corrected chi connectivity index (χ2v) is 6.49. The number of amides is 2. The second kappa shape index (κ2) is 7.85. The predicted octanol–water partition coefficient (Wildman–Crippen LogP) is 0.456. The molecular weight excluding hydrogens is 366 g/mol. The Labute approximate surface area is 161 Å². The van der Waals surface area contributed by atoms with Gasteiger partial charge in [-0.3, -0.25) is 14.9 Å². The Hall–Kier alpha value is -3.14. The van der Waals surface area contributed by atoms with E-state index in [0.29, 0.717) is 43.8 Å². The second-order valence-electron chi connectivity index (χ2n) is 6.49. The van der Waals surface area contributed by atoms with Gasteiger partial charge in [0.2, 0.25) is 11.9 Å². The smallest absolute Gasteiger partial charge is 0.260 e. The van der Waals surface area contributed by atoms with Crippen molar-refractivity contribution in [3.63, 3.8) is 0 Å². The molecule has 28 heavy (non-hydrogen) atoms. The van der Waals surface area contributed by atoms with Crippen LogP contribution in [-0.4, -0.2) is 71.5 Å². The third kappa shape index (κ3) is 3.63. The number of carbonyl (C=O) groups is 2. The van der Waals surface area contributed by atoms with Gasteiger partial charge in [0.1, 0.15) is 6.33 Å². The molecule has 2 amide bonds. The summed E-state index contributed by atoms with van der Waals surface area (Å²) in [6.45, 7) is 2.16. The van der Waals surface area contributed by atoms with Crippen molar-refractivity contribution in [2.75, 3.05) is 45.3 Å². The van der Waals surface area contributed by atoms with Gasteiger partial charge in [0.25, 0.3) is 5.91 Å². The van der Waals surface area contributed by atoms with E-state index in [2.05, 4.69) is 15.4 Å². The highest BCUT2D eigenvalue weighted by Crippen LogP contribution is 2.34. The topological polar surface area (TPSA) is 108 Å². The van der Waals surface area contributed by atoms with Crippen molar-refractivity contribution in [3.8, 4) is 11.5 Å². The van der Waals surface area contributed by atoms with Crippen LogP contribution in [0.1, 0.15) is 18.0 Å². The quantitative estimate of drug-likeness (QED) is 0.794. The average Bonchev–Trinajstić information content (AvgIpc) is 3.20. The van der Waals surface area contributed by atoms with E-state index >= 15 is 0 Å². The van der Waals surface area contributed by atoms with Crippen molar-refractivity contribution in [2.24, 2.45) is 0 Å². The van der Waals surface area contributed by atoms with Crippen LogP contribution in [0.25, 0.3) is 0 Å². The number of ether oxygens (including phenoxy) is 3. The number of fused-ring (bicyclic) bond motifs is 1. The molecule has 10 nitrogen and oxygen atoms in total. The van der Waals surface area contributed by atoms with Crippen LogP contribution in [0, 0.1) is 0 Å². The molecule has 2 aliphatic rings. The first-order valence-electron chi connectivity index (χ1n) is 9.01. The lowest BCUT2D eigenvalue weighted by Gasteiger charge is -2.27. The van der Waals surface area contributed by atoms with Crippen molar-refractivity contribution >= 4 is 17.8 Å². The fourth-order valence-corrected chi connectivity index (χ4v) is 3.32. The number of hydrogen-bond acceptors (Lipinski definition) is 7. The molecule has 1 aromatic carbocycles. The van der Waals surface area contributed by atoms with Crippen LogP contribution in [0.4, 0.5) is 5.95 Å². The van der Waals surface area contributed by atoms with Gasteiger partial charge in [-0.05, 0) is 17.7 Å². The van der Waals surface area contributed by atoms with Crippen LogP contribution < -0.4 is 14.8 Å². The molecule has 1 aromatic heterocycles. The maximum atomic E-state index is 12.3. The van der Waals surface area contributed by atoms with E-state index in [-0.39, 0.29) is 30.9 Å². The summed E-state index contributed by atoms with van der Waals surface area (Å²) in [4.78, 5) is 30.0. The Balaban J connectivity index is 1.49. The number of benzene rings is 1. The number of nitrogens with one attached hydrogen (secondary N) is 1. The lowest BCUT2D eigenvalue weighted by molar-refractivity contribution is -0.137. The van der Waals surface area contributed by atoms with E-state index in [1.807, 2.05) is 6.07 Å². The molecule has 2 aliphatic heterocycles. The molecule has 1 fully saturated rings. The molecule has 0 spiro atoms. The number of methoxy groups -OCH3 is 1. The molecule has 1 N–H and O–H groups in total. The summed E-state index contributed by atoms with van der Waals surface area (Å²) < 4.78 is 18.0. The standard InChI is InChI=1S/C18H21N5O5/c1-26-15-8-12(13-9-16(24)21-18-19-11-20-23(13)18)2-3-14(15)28-10-17(25)22-4-6-27-7-5-22/h2-3,8,11,13H,4-7,9-10H2,1H3,(H,19,20,21,24). The van der Waals surface area contributed by atoms with Gasteiger partial charge in [-0.15, -0.1) is 0 Å². The summed E-state index contributed by atoms with van der Waals surface area (Å²) in [6, 6.07) is 5.09. The van der Waals surface area contributed by atoms with Gasteiger partial charge < -0.3 is 19.1 Å². The molecule has 0 radical (unpaired) electrons. The highest BCUT2D eigenvalue weighted by molar-refractivity contribution is 5.91. The van der Waals surface area contributed by atoms with E-state index in [0.717, 1.165) is 5.56 Å². The van der Waals surface area contributed by atoms with Gasteiger partial charge in [-0.25, -0.2) is 4.68 Å². The lowest BCUT2D eigenvalue weighted by Crippen LogP contribution is -2.43. The normalized spacial score (nSPS) is 19.0. The minimum Gasteiger partial charge on any atom is -0.493 e. The van der Waals surface area contributed by atoms with E-state index in [1.165, 1.54) is 13.4 Å². The Bertz CT molecular complexity index is 877. The van der Waals surface area contributed by atoms with E-state index in [1.54, 1.807) is 21.7 Å². The minimum absolute atomic E-state index is 0.0746. The van der Waals surface area contributed by atoms with E-state index in [4.69, 9.17) is 14.2 Å². The number of rotatable bonds is 5. The number of carbonyl (C=O) groups excluding carboxylic acids is 2. The fraction of sp³-hybridized carbons (Fsp3) is 0.444. The Morgan fingerprint density at radius 3 is 2.93 bits per heavy atom. The first kappa shape index (κ1) is 18.2. The predicted molar refractivity (Wildman–Crippen MR) is 97.3 cm³/mol. The largest absolute Gasteiger partial charge is 0.493 e. The number of aromatic nitrogens is 3. The van der Waals surface area contributed by atoms with E-state index in [9.17, 15) is 9.59 Å². The monoisotopic (exact) mass is 387 g/mol. The van der Waals surface area contributed by atoms with Crippen LogP contribution in [0.3, 0.4) is 0 Å².